The molecule has 2 aromatic rings. The highest BCUT2D eigenvalue weighted by atomic mass is 16.5. The number of ether oxygens (including phenoxy) is 1. The summed E-state index contributed by atoms with van der Waals surface area (Å²) in [5.74, 6) is -0.686. The Morgan fingerprint density at radius 3 is 2.67 bits per heavy atom. The van der Waals surface area contributed by atoms with Crippen molar-refractivity contribution in [2.45, 2.75) is 20.5 Å². The average Bonchev–Trinajstić information content (AvgIpc) is 2.58. The SMILES string of the molecule is CCN(CC(=O)O)C(=O)c1cccc(COc2ccc(C)nc2)c1. The molecule has 0 aliphatic heterocycles. The largest absolute Gasteiger partial charge is 0.487 e. The lowest BCUT2D eigenvalue weighted by molar-refractivity contribution is -0.137. The first-order valence-corrected chi connectivity index (χ1v) is 7.65. The first-order chi connectivity index (χ1) is 11.5. The van der Waals surface area contributed by atoms with Crippen LogP contribution in [0.3, 0.4) is 0 Å². The molecular weight excluding hydrogens is 308 g/mol. The Kier molecular flexibility index (Phi) is 5.89. The number of aliphatic carboxylic acids is 1. The van der Waals surface area contributed by atoms with Gasteiger partial charge >= 0.3 is 5.97 Å². The van der Waals surface area contributed by atoms with Crippen LogP contribution in [0.4, 0.5) is 0 Å². The molecule has 0 saturated heterocycles. The maximum absolute atomic E-state index is 12.4. The van der Waals surface area contributed by atoms with Crippen LogP contribution in [-0.4, -0.2) is 40.0 Å². The van der Waals surface area contributed by atoms with Crippen molar-refractivity contribution < 1.29 is 19.4 Å². The molecule has 0 bridgehead atoms. The number of pyridine rings is 1. The number of nitrogens with zero attached hydrogens (tertiary/aromatic N) is 2. The zero-order valence-electron chi connectivity index (χ0n) is 13.7. The molecule has 0 saturated carbocycles. The summed E-state index contributed by atoms with van der Waals surface area (Å²) in [7, 11) is 0. The van der Waals surface area contributed by atoms with Crippen molar-refractivity contribution in [1.82, 2.24) is 9.88 Å². The van der Waals surface area contributed by atoms with E-state index in [1.165, 1.54) is 4.90 Å². The molecule has 126 valence electrons. The highest BCUT2D eigenvalue weighted by Crippen LogP contribution is 2.14. The summed E-state index contributed by atoms with van der Waals surface area (Å²) in [6, 6.07) is 10.7. The Labute approximate surface area is 140 Å². The smallest absolute Gasteiger partial charge is 0.323 e. The van der Waals surface area contributed by atoms with Gasteiger partial charge in [0.15, 0.2) is 0 Å². The van der Waals surface area contributed by atoms with Gasteiger partial charge in [0.1, 0.15) is 18.9 Å². The van der Waals surface area contributed by atoms with Crippen LogP contribution in [-0.2, 0) is 11.4 Å². The number of hydrogen-bond donors (Lipinski definition) is 1. The number of carbonyl (C=O) groups excluding carboxylic acids is 1. The molecule has 6 heteroatoms. The van der Waals surface area contributed by atoms with Crippen LogP contribution < -0.4 is 4.74 Å². The van der Waals surface area contributed by atoms with Gasteiger partial charge in [0.25, 0.3) is 5.91 Å². The van der Waals surface area contributed by atoms with Crippen LogP contribution in [0.25, 0.3) is 0 Å². The number of aromatic nitrogens is 1. The van der Waals surface area contributed by atoms with Gasteiger partial charge in [-0.05, 0) is 43.7 Å². The molecule has 0 fully saturated rings. The second kappa shape index (κ2) is 8.10. The van der Waals surface area contributed by atoms with Gasteiger partial charge in [-0.25, -0.2) is 0 Å². The van der Waals surface area contributed by atoms with E-state index in [0.717, 1.165) is 11.3 Å². The van der Waals surface area contributed by atoms with Gasteiger partial charge in [-0.3, -0.25) is 14.6 Å². The molecular formula is C18H20N2O4. The molecule has 1 heterocycles. The standard InChI is InChI=1S/C18H20N2O4/c1-3-20(11-17(21)22)18(23)15-6-4-5-14(9-15)12-24-16-8-7-13(2)19-10-16/h4-10H,3,11-12H2,1-2H3,(H,21,22). The summed E-state index contributed by atoms with van der Waals surface area (Å²) in [6.45, 7) is 3.97. The fourth-order valence-electron chi connectivity index (χ4n) is 2.17. The van der Waals surface area contributed by atoms with E-state index >= 15 is 0 Å². The van der Waals surface area contributed by atoms with Crippen molar-refractivity contribution in [2.24, 2.45) is 0 Å². The van der Waals surface area contributed by atoms with Crippen molar-refractivity contribution >= 4 is 11.9 Å². The van der Waals surface area contributed by atoms with Crippen molar-refractivity contribution in [1.29, 1.82) is 0 Å². The second-order valence-electron chi connectivity index (χ2n) is 5.34. The highest BCUT2D eigenvalue weighted by Gasteiger charge is 2.17. The number of carbonyl (C=O) groups is 2. The maximum Gasteiger partial charge on any atom is 0.323 e. The van der Waals surface area contributed by atoms with Crippen LogP contribution in [0.5, 0.6) is 5.75 Å². The molecule has 0 atom stereocenters. The monoisotopic (exact) mass is 328 g/mol. The molecule has 0 aliphatic rings. The van der Waals surface area contributed by atoms with Gasteiger partial charge in [-0.15, -0.1) is 0 Å². The lowest BCUT2D eigenvalue weighted by Crippen LogP contribution is -2.35. The first kappa shape index (κ1) is 17.5. The third kappa shape index (κ3) is 4.81. The highest BCUT2D eigenvalue weighted by molar-refractivity contribution is 5.96. The van der Waals surface area contributed by atoms with E-state index in [-0.39, 0.29) is 12.5 Å². The predicted molar refractivity (Wildman–Crippen MR) is 89.0 cm³/mol. The Morgan fingerprint density at radius 2 is 2.04 bits per heavy atom. The Balaban J connectivity index is 2.06. The lowest BCUT2D eigenvalue weighted by Gasteiger charge is -2.18. The first-order valence-electron chi connectivity index (χ1n) is 7.65. The van der Waals surface area contributed by atoms with Crippen LogP contribution in [0.15, 0.2) is 42.6 Å². The van der Waals surface area contributed by atoms with Gasteiger partial charge in [0.05, 0.1) is 6.20 Å². The van der Waals surface area contributed by atoms with E-state index in [0.29, 0.717) is 24.5 Å². The van der Waals surface area contributed by atoms with E-state index in [4.69, 9.17) is 9.84 Å². The van der Waals surface area contributed by atoms with Crippen LogP contribution in [0.2, 0.25) is 0 Å². The van der Waals surface area contributed by atoms with Crippen LogP contribution in [0, 0.1) is 6.92 Å². The number of carboxylic acid groups (broad SMARTS) is 1. The van der Waals surface area contributed by atoms with Gasteiger partial charge in [-0.2, -0.15) is 0 Å². The van der Waals surface area contributed by atoms with Crippen LogP contribution >= 0.6 is 0 Å². The maximum atomic E-state index is 12.4. The number of amides is 1. The number of benzene rings is 1. The van der Waals surface area contributed by atoms with Crippen molar-refractivity contribution in [3.63, 3.8) is 0 Å². The molecule has 6 nitrogen and oxygen atoms in total. The summed E-state index contributed by atoms with van der Waals surface area (Å²) < 4.78 is 5.65. The molecule has 0 spiro atoms. The Hall–Kier alpha value is -2.89. The molecule has 24 heavy (non-hydrogen) atoms. The summed E-state index contributed by atoms with van der Waals surface area (Å²) in [5, 5.41) is 8.88. The van der Waals surface area contributed by atoms with E-state index in [1.807, 2.05) is 25.1 Å². The van der Waals surface area contributed by atoms with Crippen molar-refractivity contribution in [2.75, 3.05) is 13.1 Å². The molecule has 2 rings (SSSR count). The number of hydrogen-bond acceptors (Lipinski definition) is 4. The molecule has 0 aliphatic carbocycles. The van der Waals surface area contributed by atoms with Crippen molar-refractivity contribution in [3.05, 3.63) is 59.4 Å². The molecule has 0 radical (unpaired) electrons. The van der Waals surface area contributed by atoms with Gasteiger partial charge in [0.2, 0.25) is 0 Å². The van der Waals surface area contributed by atoms with Gasteiger partial charge in [0, 0.05) is 17.8 Å². The second-order valence-corrected chi connectivity index (χ2v) is 5.34. The van der Waals surface area contributed by atoms with Crippen molar-refractivity contribution in [3.8, 4) is 5.75 Å². The molecule has 1 amide bonds. The minimum absolute atomic E-state index is 0.302. The summed E-state index contributed by atoms with van der Waals surface area (Å²) in [5.41, 5.74) is 2.18. The van der Waals surface area contributed by atoms with E-state index in [9.17, 15) is 9.59 Å². The minimum Gasteiger partial charge on any atom is -0.487 e. The molecule has 1 aromatic heterocycles. The number of carboxylic acids is 1. The summed E-state index contributed by atoms with van der Waals surface area (Å²) in [6.07, 6.45) is 1.65. The number of likely N-dealkylation sites (N-methyl/N-ethyl adjacent to an activating group) is 1. The molecule has 1 aromatic carbocycles. The third-order valence-corrected chi connectivity index (χ3v) is 3.46. The normalized spacial score (nSPS) is 10.2. The van der Waals surface area contributed by atoms with Gasteiger partial charge < -0.3 is 14.7 Å². The quantitative estimate of drug-likeness (QED) is 0.845. The van der Waals surface area contributed by atoms with Crippen LogP contribution in [0.1, 0.15) is 28.5 Å². The zero-order valence-corrected chi connectivity index (χ0v) is 13.7. The van der Waals surface area contributed by atoms with E-state index in [2.05, 4.69) is 4.98 Å². The topological polar surface area (TPSA) is 79.7 Å². The Morgan fingerprint density at radius 1 is 1.25 bits per heavy atom. The summed E-state index contributed by atoms with van der Waals surface area (Å²) in [4.78, 5) is 28.7. The van der Waals surface area contributed by atoms with E-state index < -0.39 is 5.97 Å². The lowest BCUT2D eigenvalue weighted by atomic mass is 10.1. The minimum atomic E-state index is -1.03. The Bertz CT molecular complexity index is 713. The third-order valence-electron chi connectivity index (χ3n) is 3.46. The molecule has 1 N–H and O–H groups in total. The van der Waals surface area contributed by atoms with Gasteiger partial charge in [-0.1, -0.05) is 12.1 Å². The van der Waals surface area contributed by atoms with E-state index in [1.54, 1.807) is 31.3 Å². The number of aryl methyl sites for hydroxylation is 1. The predicted octanol–water partition coefficient (Wildman–Crippen LogP) is 2.52. The zero-order chi connectivity index (χ0) is 17.5. The summed E-state index contributed by atoms with van der Waals surface area (Å²) >= 11 is 0. The molecule has 0 unspecified atom stereocenters. The average molecular weight is 328 g/mol. The fraction of sp³-hybridized carbons (Fsp3) is 0.278. The fourth-order valence-corrected chi connectivity index (χ4v) is 2.17. The number of rotatable bonds is 7.